The summed E-state index contributed by atoms with van der Waals surface area (Å²) in [6.07, 6.45) is 1.77. The highest BCUT2D eigenvalue weighted by Gasteiger charge is 2.18. The van der Waals surface area contributed by atoms with Gasteiger partial charge in [-0.05, 0) is 30.1 Å². The minimum absolute atomic E-state index is 0.0204. The highest BCUT2D eigenvalue weighted by molar-refractivity contribution is 5.87. The molecule has 0 amide bonds. The molecule has 1 atom stereocenters. The molecule has 0 radical (unpaired) electrons. The molecule has 1 N–H and O–H groups in total. The molecule has 0 saturated carbocycles. The fraction of sp³-hybridized carbons (Fsp3) is 0.188. The number of aromatic nitrogens is 2. The number of hydrogen-bond acceptors (Lipinski definition) is 2. The topological polar surface area (TPSA) is 29.9 Å². The molecule has 0 spiro atoms. The van der Waals surface area contributed by atoms with Crippen molar-refractivity contribution in [2.75, 3.05) is 7.05 Å². The summed E-state index contributed by atoms with van der Waals surface area (Å²) >= 11 is 0. The molecule has 0 fully saturated rings. The minimum Gasteiger partial charge on any atom is -0.308 e. The van der Waals surface area contributed by atoms with Gasteiger partial charge in [-0.15, -0.1) is 0 Å². The fourth-order valence-electron chi connectivity index (χ4n) is 2.67. The van der Waals surface area contributed by atoms with Crippen LogP contribution >= 0.6 is 0 Å². The molecule has 3 rings (SSSR count). The molecule has 0 aliphatic carbocycles. The lowest BCUT2D eigenvalue weighted by Gasteiger charge is -2.19. The number of benzene rings is 2. The summed E-state index contributed by atoms with van der Waals surface area (Å²) in [5.74, 6) is -0.191. The summed E-state index contributed by atoms with van der Waals surface area (Å²) in [6.45, 7) is 0. The van der Waals surface area contributed by atoms with Gasteiger partial charge in [0.2, 0.25) is 0 Å². The van der Waals surface area contributed by atoms with E-state index in [4.69, 9.17) is 0 Å². The maximum absolute atomic E-state index is 13.9. The van der Waals surface area contributed by atoms with E-state index >= 15 is 0 Å². The molecule has 1 heterocycles. The van der Waals surface area contributed by atoms with Gasteiger partial charge in [-0.1, -0.05) is 30.3 Å². The third kappa shape index (κ3) is 1.98. The maximum atomic E-state index is 13.9. The predicted octanol–water partition coefficient (Wildman–Crippen LogP) is 3.02. The lowest BCUT2D eigenvalue weighted by Crippen LogP contribution is -2.21. The Morgan fingerprint density at radius 2 is 1.85 bits per heavy atom. The van der Waals surface area contributed by atoms with Crippen molar-refractivity contribution in [1.29, 1.82) is 0 Å². The number of nitrogens with one attached hydrogen (secondary N) is 1. The zero-order valence-electron chi connectivity index (χ0n) is 11.5. The Morgan fingerprint density at radius 3 is 2.50 bits per heavy atom. The highest BCUT2D eigenvalue weighted by atomic mass is 19.1. The molecule has 20 heavy (non-hydrogen) atoms. The van der Waals surface area contributed by atoms with Gasteiger partial charge in [0.25, 0.3) is 0 Å². The molecule has 4 heteroatoms. The van der Waals surface area contributed by atoms with Crippen molar-refractivity contribution in [2.45, 2.75) is 6.04 Å². The van der Waals surface area contributed by atoms with Gasteiger partial charge in [0.15, 0.2) is 0 Å². The Balaban J connectivity index is 2.23. The van der Waals surface area contributed by atoms with Crippen LogP contribution in [-0.2, 0) is 7.05 Å². The lowest BCUT2D eigenvalue weighted by molar-refractivity contribution is 0.606. The standard InChI is InChI=1S/C16H16FN3/c1-18-16(15-9-10-19-20(15)2)13-7-8-14(17)12-6-4-3-5-11(12)13/h3-10,16,18H,1-2H3. The molecule has 3 nitrogen and oxygen atoms in total. The Labute approximate surface area is 117 Å². The second kappa shape index (κ2) is 5.06. The van der Waals surface area contributed by atoms with Crippen LogP contribution in [-0.4, -0.2) is 16.8 Å². The molecule has 3 aromatic rings. The van der Waals surface area contributed by atoms with Crippen LogP contribution in [0.2, 0.25) is 0 Å². The summed E-state index contributed by atoms with van der Waals surface area (Å²) < 4.78 is 15.7. The summed E-state index contributed by atoms with van der Waals surface area (Å²) in [7, 11) is 3.81. The van der Waals surface area contributed by atoms with E-state index in [0.717, 1.165) is 16.6 Å². The second-order valence-corrected chi connectivity index (χ2v) is 4.78. The minimum atomic E-state index is -0.191. The Bertz CT molecular complexity index is 748. The average molecular weight is 269 g/mol. The molecule has 0 saturated heterocycles. The van der Waals surface area contributed by atoms with Gasteiger partial charge in [-0.3, -0.25) is 4.68 Å². The van der Waals surface area contributed by atoms with E-state index in [1.54, 1.807) is 6.20 Å². The second-order valence-electron chi connectivity index (χ2n) is 4.78. The zero-order valence-corrected chi connectivity index (χ0v) is 11.5. The van der Waals surface area contributed by atoms with Crippen LogP contribution in [0.4, 0.5) is 4.39 Å². The molecule has 0 bridgehead atoms. The summed E-state index contributed by atoms with van der Waals surface area (Å²) in [5, 5.41) is 9.07. The van der Waals surface area contributed by atoms with Gasteiger partial charge in [-0.2, -0.15) is 5.10 Å². The van der Waals surface area contributed by atoms with Gasteiger partial charge in [-0.25, -0.2) is 4.39 Å². The summed E-state index contributed by atoms with van der Waals surface area (Å²) in [6, 6.07) is 12.9. The quantitative estimate of drug-likeness (QED) is 0.792. The number of fused-ring (bicyclic) bond motifs is 1. The summed E-state index contributed by atoms with van der Waals surface area (Å²) in [4.78, 5) is 0. The number of aryl methyl sites for hydroxylation is 1. The van der Waals surface area contributed by atoms with Crippen molar-refractivity contribution in [2.24, 2.45) is 7.05 Å². The monoisotopic (exact) mass is 269 g/mol. The van der Waals surface area contributed by atoms with Crippen LogP contribution in [0.1, 0.15) is 17.3 Å². The van der Waals surface area contributed by atoms with Crippen molar-refractivity contribution in [3.63, 3.8) is 0 Å². The van der Waals surface area contributed by atoms with Gasteiger partial charge >= 0.3 is 0 Å². The largest absolute Gasteiger partial charge is 0.308 e. The maximum Gasteiger partial charge on any atom is 0.131 e. The first-order chi connectivity index (χ1) is 9.72. The van der Waals surface area contributed by atoms with Crippen molar-refractivity contribution in [3.8, 4) is 0 Å². The average Bonchev–Trinajstić information content (AvgIpc) is 2.89. The first kappa shape index (κ1) is 12.8. The third-order valence-electron chi connectivity index (χ3n) is 3.66. The SMILES string of the molecule is CNC(c1ccc(F)c2ccccc12)c1ccnn1C. The Morgan fingerprint density at radius 1 is 1.10 bits per heavy atom. The van der Waals surface area contributed by atoms with E-state index in [9.17, 15) is 4.39 Å². The van der Waals surface area contributed by atoms with Crippen LogP contribution < -0.4 is 5.32 Å². The molecule has 1 aromatic heterocycles. The van der Waals surface area contributed by atoms with Crippen LogP contribution in [0.3, 0.4) is 0 Å². The van der Waals surface area contributed by atoms with Gasteiger partial charge in [0.1, 0.15) is 5.82 Å². The van der Waals surface area contributed by atoms with E-state index in [1.807, 2.05) is 55.2 Å². The predicted molar refractivity (Wildman–Crippen MR) is 78.0 cm³/mol. The Kier molecular flexibility index (Phi) is 3.24. The van der Waals surface area contributed by atoms with Crippen LogP contribution in [0.25, 0.3) is 10.8 Å². The third-order valence-corrected chi connectivity index (χ3v) is 3.66. The first-order valence-electron chi connectivity index (χ1n) is 6.54. The first-order valence-corrected chi connectivity index (χ1v) is 6.54. The van der Waals surface area contributed by atoms with Crippen molar-refractivity contribution in [3.05, 3.63) is 65.7 Å². The molecule has 1 unspecified atom stereocenters. The van der Waals surface area contributed by atoms with E-state index in [-0.39, 0.29) is 11.9 Å². The van der Waals surface area contributed by atoms with Gasteiger partial charge in [0.05, 0.1) is 11.7 Å². The fourth-order valence-corrected chi connectivity index (χ4v) is 2.67. The zero-order chi connectivity index (χ0) is 14.1. The number of hydrogen-bond donors (Lipinski definition) is 1. The molecule has 2 aromatic carbocycles. The van der Waals surface area contributed by atoms with Crippen molar-refractivity contribution < 1.29 is 4.39 Å². The van der Waals surface area contributed by atoms with Crippen molar-refractivity contribution >= 4 is 10.8 Å². The number of halogens is 1. The summed E-state index contributed by atoms with van der Waals surface area (Å²) in [5.41, 5.74) is 2.09. The van der Waals surface area contributed by atoms with E-state index < -0.39 is 0 Å². The molecule has 0 aliphatic rings. The normalized spacial score (nSPS) is 12.8. The molecule has 102 valence electrons. The molecular weight excluding hydrogens is 253 g/mol. The van der Waals surface area contributed by atoms with E-state index in [2.05, 4.69) is 10.4 Å². The van der Waals surface area contributed by atoms with E-state index in [0.29, 0.717) is 5.39 Å². The van der Waals surface area contributed by atoms with Crippen LogP contribution in [0, 0.1) is 5.82 Å². The lowest BCUT2D eigenvalue weighted by atomic mass is 9.96. The van der Waals surface area contributed by atoms with Crippen LogP contribution in [0.5, 0.6) is 0 Å². The van der Waals surface area contributed by atoms with Gasteiger partial charge in [0, 0.05) is 18.6 Å². The van der Waals surface area contributed by atoms with E-state index in [1.165, 1.54) is 6.07 Å². The van der Waals surface area contributed by atoms with Gasteiger partial charge < -0.3 is 5.32 Å². The van der Waals surface area contributed by atoms with Crippen LogP contribution in [0.15, 0.2) is 48.7 Å². The Hall–Kier alpha value is -2.20. The smallest absolute Gasteiger partial charge is 0.131 e. The number of nitrogens with zero attached hydrogens (tertiary/aromatic N) is 2. The number of rotatable bonds is 3. The highest BCUT2D eigenvalue weighted by Crippen LogP contribution is 2.29. The molecule has 0 aliphatic heterocycles. The molecular formula is C16H16FN3. The van der Waals surface area contributed by atoms with Crippen molar-refractivity contribution in [1.82, 2.24) is 15.1 Å².